The molecule has 3 rings (SSSR count). The topological polar surface area (TPSA) is 59.9 Å². The number of aliphatic hydroxyl groups is 1. The molecule has 25 heavy (non-hydrogen) atoms. The number of pyridine rings is 1. The van der Waals surface area contributed by atoms with Crippen molar-refractivity contribution in [3.05, 3.63) is 76.3 Å². The number of nitriles is 1. The summed E-state index contributed by atoms with van der Waals surface area (Å²) < 4.78 is 15.7. The molecule has 4 nitrogen and oxygen atoms in total. The van der Waals surface area contributed by atoms with E-state index in [9.17, 15) is 14.8 Å². The van der Waals surface area contributed by atoms with Gasteiger partial charge in [-0.05, 0) is 37.6 Å². The molecule has 0 fully saturated rings. The fraction of sp³-hybridized carbons (Fsp3) is 0.263. The highest BCUT2D eigenvalue weighted by Crippen LogP contribution is 2.42. The van der Waals surface area contributed by atoms with E-state index in [4.69, 9.17) is 12.6 Å². The number of aromatic nitrogens is 1. The van der Waals surface area contributed by atoms with Crippen LogP contribution in [0.2, 0.25) is 0 Å². The van der Waals surface area contributed by atoms with Gasteiger partial charge in [0.05, 0.1) is 12.0 Å². The van der Waals surface area contributed by atoms with Crippen LogP contribution in [-0.4, -0.2) is 10.8 Å². The first-order valence-electron chi connectivity index (χ1n) is 7.88. The van der Waals surface area contributed by atoms with Gasteiger partial charge in [-0.2, -0.15) is 9.83 Å². The second-order valence-corrected chi connectivity index (χ2v) is 6.84. The molecule has 2 aromatic rings. The van der Waals surface area contributed by atoms with Gasteiger partial charge in [0, 0.05) is 17.2 Å². The summed E-state index contributed by atoms with van der Waals surface area (Å²) >= 11 is 5.28. The lowest BCUT2D eigenvalue weighted by molar-refractivity contribution is -0.741. The van der Waals surface area contributed by atoms with E-state index in [0.29, 0.717) is 11.1 Å². The van der Waals surface area contributed by atoms with Crippen LogP contribution in [0.1, 0.15) is 30.0 Å². The number of allylic oxidation sites excluding steroid dienone is 1. The van der Waals surface area contributed by atoms with Crippen LogP contribution in [0.4, 0.5) is 4.39 Å². The van der Waals surface area contributed by atoms with E-state index in [1.54, 1.807) is 19.1 Å². The minimum absolute atomic E-state index is 0.186. The number of halogens is 1. The van der Waals surface area contributed by atoms with Crippen LogP contribution in [0, 0.1) is 24.1 Å². The average molecular weight is 355 g/mol. The maximum Gasteiger partial charge on any atom is 0.216 e. The lowest BCUT2D eigenvalue weighted by atomic mass is 9.78. The number of aryl methyl sites for hydroxylation is 1. The third-order valence-corrected chi connectivity index (χ3v) is 4.76. The van der Waals surface area contributed by atoms with Gasteiger partial charge in [0.1, 0.15) is 5.82 Å². The van der Waals surface area contributed by atoms with Crippen LogP contribution in [0.5, 0.6) is 0 Å². The SMILES string of the molecule is Cc1ccc[n+](C2C(c3cccc(F)c3)C(C#N)=C([S-])NC2(C)O)c1. The number of nitrogens with one attached hydrogen (secondary N) is 1. The maximum atomic E-state index is 13.8. The predicted molar refractivity (Wildman–Crippen MR) is 93.3 cm³/mol. The van der Waals surface area contributed by atoms with E-state index >= 15 is 0 Å². The van der Waals surface area contributed by atoms with Crippen LogP contribution in [-0.2, 0) is 12.6 Å². The lowest BCUT2D eigenvalue weighted by Gasteiger charge is -2.43. The summed E-state index contributed by atoms with van der Waals surface area (Å²) in [5.74, 6) is -0.969. The predicted octanol–water partition coefficient (Wildman–Crippen LogP) is 2.34. The van der Waals surface area contributed by atoms with Crippen molar-refractivity contribution in [3.63, 3.8) is 0 Å². The van der Waals surface area contributed by atoms with Gasteiger partial charge in [0.2, 0.25) is 6.04 Å². The van der Waals surface area contributed by atoms with Gasteiger partial charge in [-0.3, -0.25) is 0 Å². The zero-order chi connectivity index (χ0) is 18.2. The molecule has 1 aromatic heterocycles. The zero-order valence-electron chi connectivity index (χ0n) is 13.9. The molecular weight excluding hydrogens is 337 g/mol. The average Bonchev–Trinajstić information content (AvgIpc) is 2.53. The Kier molecular flexibility index (Phi) is 4.46. The normalized spacial score (nSPS) is 26.0. The highest BCUT2D eigenvalue weighted by atomic mass is 32.1. The largest absolute Gasteiger partial charge is 0.762 e. The maximum absolute atomic E-state index is 13.8. The second kappa shape index (κ2) is 6.43. The number of hydrogen-bond acceptors (Lipinski definition) is 4. The summed E-state index contributed by atoms with van der Waals surface area (Å²) in [4.78, 5) is 0. The first-order valence-corrected chi connectivity index (χ1v) is 8.29. The number of nitrogens with zero attached hydrogens (tertiary/aromatic N) is 2. The number of benzene rings is 1. The minimum Gasteiger partial charge on any atom is -0.762 e. The van der Waals surface area contributed by atoms with Gasteiger partial charge in [-0.1, -0.05) is 17.2 Å². The van der Waals surface area contributed by atoms with Crippen molar-refractivity contribution >= 4 is 12.6 Å². The molecule has 1 aromatic carbocycles. The zero-order valence-corrected chi connectivity index (χ0v) is 14.7. The molecule has 6 heteroatoms. The van der Waals surface area contributed by atoms with Crippen molar-refractivity contribution in [1.29, 1.82) is 5.26 Å². The number of hydrogen-bond donors (Lipinski definition) is 2. The van der Waals surface area contributed by atoms with Gasteiger partial charge >= 0.3 is 0 Å². The molecule has 0 bridgehead atoms. The third-order valence-electron chi connectivity index (χ3n) is 4.43. The molecule has 3 unspecified atom stereocenters. The highest BCUT2D eigenvalue weighted by molar-refractivity contribution is 7.63. The Morgan fingerprint density at radius 1 is 1.36 bits per heavy atom. The Hall–Kier alpha value is -2.49. The summed E-state index contributed by atoms with van der Waals surface area (Å²) in [5, 5.41) is 23.7. The van der Waals surface area contributed by atoms with Crippen molar-refractivity contribution in [2.24, 2.45) is 0 Å². The summed E-state index contributed by atoms with van der Waals surface area (Å²) in [6.45, 7) is 3.55. The lowest BCUT2D eigenvalue weighted by Crippen LogP contribution is -2.63. The summed E-state index contributed by atoms with van der Waals surface area (Å²) in [7, 11) is 0. The Balaban J connectivity index is 2.26. The first-order chi connectivity index (χ1) is 11.8. The van der Waals surface area contributed by atoms with Crippen LogP contribution in [0.3, 0.4) is 0 Å². The molecule has 0 amide bonds. The van der Waals surface area contributed by atoms with E-state index in [0.717, 1.165) is 5.56 Å². The van der Waals surface area contributed by atoms with Crippen LogP contribution < -0.4 is 9.88 Å². The fourth-order valence-electron chi connectivity index (χ4n) is 3.41. The molecule has 2 N–H and O–H groups in total. The molecule has 0 spiro atoms. The monoisotopic (exact) mass is 355 g/mol. The standard InChI is InChI=1S/C19H18FN3OS/c1-12-5-4-8-23(11-12)17-16(13-6-3-7-14(20)9-13)15(10-21)18(25)22-19(17,2)24/h3-9,11,16-17,22,24H,1-2H3. The molecule has 0 saturated carbocycles. The molecule has 0 saturated heterocycles. The Labute approximate surface area is 151 Å². The molecule has 3 atom stereocenters. The van der Waals surface area contributed by atoms with Gasteiger partial charge in [-0.25, -0.2) is 4.39 Å². The molecular formula is C19H18FN3OS. The van der Waals surface area contributed by atoms with Crippen molar-refractivity contribution in [3.8, 4) is 6.07 Å². The summed E-state index contributed by atoms with van der Waals surface area (Å²) in [6.07, 6.45) is 3.71. The molecule has 128 valence electrons. The van der Waals surface area contributed by atoms with Crippen LogP contribution in [0.15, 0.2) is 59.4 Å². The molecule has 1 aliphatic heterocycles. The molecule has 0 aliphatic carbocycles. The van der Waals surface area contributed by atoms with E-state index in [2.05, 4.69) is 11.4 Å². The van der Waals surface area contributed by atoms with Crippen molar-refractivity contribution in [2.45, 2.75) is 31.5 Å². The molecule has 0 radical (unpaired) electrons. The van der Waals surface area contributed by atoms with Gasteiger partial charge < -0.3 is 23.1 Å². The number of rotatable bonds is 2. The van der Waals surface area contributed by atoms with Crippen molar-refractivity contribution in [1.82, 2.24) is 5.32 Å². The molecule has 2 heterocycles. The Morgan fingerprint density at radius 3 is 2.76 bits per heavy atom. The van der Waals surface area contributed by atoms with Crippen LogP contribution >= 0.6 is 0 Å². The summed E-state index contributed by atoms with van der Waals surface area (Å²) in [6, 6.07) is 11.5. The molecule has 1 aliphatic rings. The summed E-state index contributed by atoms with van der Waals surface area (Å²) in [5.41, 5.74) is 0.501. The van der Waals surface area contributed by atoms with Gasteiger partial charge in [0.25, 0.3) is 0 Å². The van der Waals surface area contributed by atoms with E-state index in [-0.39, 0.29) is 5.03 Å². The van der Waals surface area contributed by atoms with Crippen LogP contribution in [0.25, 0.3) is 0 Å². The van der Waals surface area contributed by atoms with Crippen molar-refractivity contribution < 1.29 is 14.1 Å². The minimum atomic E-state index is -1.41. The van der Waals surface area contributed by atoms with Gasteiger partial charge in [-0.15, -0.1) is 0 Å². The Bertz CT molecular complexity index is 888. The quantitative estimate of drug-likeness (QED) is 0.641. The second-order valence-electron chi connectivity index (χ2n) is 6.43. The highest BCUT2D eigenvalue weighted by Gasteiger charge is 2.50. The van der Waals surface area contributed by atoms with E-state index in [1.165, 1.54) is 12.1 Å². The third kappa shape index (κ3) is 3.21. The van der Waals surface area contributed by atoms with Crippen molar-refractivity contribution in [2.75, 3.05) is 0 Å². The van der Waals surface area contributed by atoms with E-state index < -0.39 is 23.5 Å². The van der Waals surface area contributed by atoms with E-state index in [1.807, 2.05) is 36.0 Å². The smallest absolute Gasteiger partial charge is 0.216 e. The first kappa shape index (κ1) is 17.3. The Morgan fingerprint density at radius 2 is 2.12 bits per heavy atom. The van der Waals surface area contributed by atoms with Gasteiger partial charge in [0.15, 0.2) is 18.1 Å². The fourth-order valence-corrected chi connectivity index (χ4v) is 3.79.